The number of carboxylic acid groups (broad SMARTS) is 1. The van der Waals surface area contributed by atoms with E-state index in [0.717, 1.165) is 0 Å². The van der Waals surface area contributed by atoms with Crippen molar-refractivity contribution in [3.05, 3.63) is 47.5 Å². The number of hydrogen-bond acceptors (Lipinski definition) is 3. The minimum absolute atomic E-state index is 0.0549. The molecule has 0 unspecified atom stereocenters. The van der Waals surface area contributed by atoms with Crippen LogP contribution in [0.2, 0.25) is 0 Å². The molecular weight excluding hydrogens is 234 g/mol. The van der Waals surface area contributed by atoms with E-state index < -0.39 is 11.9 Å². The maximum Gasteiger partial charge on any atom is 0.339 e. The summed E-state index contributed by atoms with van der Waals surface area (Å²) in [7, 11) is 0. The van der Waals surface area contributed by atoms with E-state index >= 15 is 0 Å². The van der Waals surface area contributed by atoms with E-state index in [9.17, 15) is 9.59 Å². The van der Waals surface area contributed by atoms with Crippen LogP contribution in [0.4, 0.5) is 5.69 Å². The fourth-order valence-corrected chi connectivity index (χ4v) is 1.58. The number of pyridine rings is 1. The van der Waals surface area contributed by atoms with Crippen LogP contribution in [-0.4, -0.2) is 27.0 Å². The van der Waals surface area contributed by atoms with Gasteiger partial charge in [0, 0.05) is 18.1 Å². The number of nitrogens with one attached hydrogen (secondary N) is 2. The van der Waals surface area contributed by atoms with Crippen molar-refractivity contribution in [2.24, 2.45) is 0 Å². The van der Waals surface area contributed by atoms with Crippen molar-refractivity contribution < 1.29 is 14.7 Å². The molecular formula is C12H11N3O3. The number of aryl methyl sites for hydroxylation is 1. The summed E-state index contributed by atoms with van der Waals surface area (Å²) in [5.41, 5.74) is 1.00. The number of aromatic nitrogens is 2. The summed E-state index contributed by atoms with van der Waals surface area (Å²) >= 11 is 0. The van der Waals surface area contributed by atoms with Gasteiger partial charge in [-0.1, -0.05) is 6.07 Å². The maximum absolute atomic E-state index is 11.8. The second-order valence-electron chi connectivity index (χ2n) is 3.68. The summed E-state index contributed by atoms with van der Waals surface area (Å²) in [6, 6.07) is 4.93. The molecule has 2 aromatic rings. The van der Waals surface area contributed by atoms with Gasteiger partial charge in [-0.05, 0) is 19.1 Å². The molecule has 6 heteroatoms. The molecule has 18 heavy (non-hydrogen) atoms. The maximum atomic E-state index is 11.8. The first-order chi connectivity index (χ1) is 8.59. The van der Waals surface area contributed by atoms with Crippen molar-refractivity contribution in [3.63, 3.8) is 0 Å². The number of anilines is 1. The first-order valence-electron chi connectivity index (χ1n) is 5.23. The number of H-pyrrole nitrogens is 1. The Morgan fingerprint density at radius 2 is 2.17 bits per heavy atom. The SMILES string of the molecule is Cc1[nH]cc(NC(=O)c2ccccn2)c1C(=O)O. The molecule has 0 saturated heterocycles. The van der Waals surface area contributed by atoms with E-state index in [2.05, 4.69) is 15.3 Å². The lowest BCUT2D eigenvalue weighted by molar-refractivity contribution is 0.0697. The molecule has 0 spiro atoms. The zero-order valence-corrected chi connectivity index (χ0v) is 9.60. The first kappa shape index (κ1) is 11.8. The van der Waals surface area contributed by atoms with Gasteiger partial charge in [0.25, 0.3) is 5.91 Å². The number of aromatic amines is 1. The van der Waals surface area contributed by atoms with Crippen LogP contribution in [0.1, 0.15) is 26.5 Å². The highest BCUT2D eigenvalue weighted by atomic mass is 16.4. The van der Waals surface area contributed by atoms with Crippen molar-refractivity contribution in [1.29, 1.82) is 0 Å². The summed E-state index contributed by atoms with van der Waals surface area (Å²) < 4.78 is 0. The molecule has 0 fully saturated rings. The Morgan fingerprint density at radius 1 is 1.39 bits per heavy atom. The van der Waals surface area contributed by atoms with Crippen LogP contribution in [-0.2, 0) is 0 Å². The third kappa shape index (κ3) is 2.22. The Kier molecular flexibility index (Phi) is 3.09. The first-order valence-corrected chi connectivity index (χ1v) is 5.23. The Morgan fingerprint density at radius 3 is 2.78 bits per heavy atom. The molecule has 0 aliphatic heterocycles. The van der Waals surface area contributed by atoms with Gasteiger partial charge >= 0.3 is 5.97 Å². The average molecular weight is 245 g/mol. The molecule has 2 heterocycles. The molecule has 1 amide bonds. The van der Waals surface area contributed by atoms with Crippen molar-refractivity contribution in [3.8, 4) is 0 Å². The number of aromatic carboxylic acids is 1. The lowest BCUT2D eigenvalue weighted by Gasteiger charge is -2.03. The highest BCUT2D eigenvalue weighted by molar-refractivity contribution is 6.07. The van der Waals surface area contributed by atoms with E-state index in [1.54, 1.807) is 25.1 Å². The molecule has 0 aliphatic carbocycles. The van der Waals surface area contributed by atoms with E-state index in [0.29, 0.717) is 5.69 Å². The minimum Gasteiger partial charge on any atom is -0.478 e. The standard InChI is InChI=1S/C12H11N3O3/c1-7-10(12(17)18)9(6-14-7)15-11(16)8-4-2-3-5-13-8/h2-6,14H,1H3,(H,15,16)(H,17,18). The van der Waals surface area contributed by atoms with Crippen LogP contribution in [0.25, 0.3) is 0 Å². The van der Waals surface area contributed by atoms with E-state index in [1.807, 2.05) is 0 Å². The largest absolute Gasteiger partial charge is 0.478 e. The van der Waals surface area contributed by atoms with E-state index in [1.165, 1.54) is 12.4 Å². The normalized spacial score (nSPS) is 10.1. The van der Waals surface area contributed by atoms with Crippen LogP contribution in [0, 0.1) is 6.92 Å². The number of carbonyl (C=O) groups is 2. The molecule has 3 N–H and O–H groups in total. The molecule has 0 radical (unpaired) electrons. The van der Waals surface area contributed by atoms with Gasteiger partial charge in [0.05, 0.1) is 5.69 Å². The molecule has 0 aliphatic rings. The number of hydrogen-bond donors (Lipinski definition) is 3. The van der Waals surface area contributed by atoms with Gasteiger partial charge in [0.2, 0.25) is 0 Å². The number of carbonyl (C=O) groups excluding carboxylic acids is 1. The molecule has 0 aromatic carbocycles. The summed E-state index contributed by atoms with van der Waals surface area (Å²) in [6.45, 7) is 1.62. The summed E-state index contributed by atoms with van der Waals surface area (Å²) in [5.74, 6) is -1.54. The van der Waals surface area contributed by atoms with E-state index in [-0.39, 0.29) is 16.9 Å². The topological polar surface area (TPSA) is 95.1 Å². The van der Waals surface area contributed by atoms with E-state index in [4.69, 9.17) is 5.11 Å². The Labute approximate surface area is 103 Å². The Balaban J connectivity index is 2.25. The molecule has 2 aromatic heterocycles. The van der Waals surface area contributed by atoms with Crippen LogP contribution in [0.15, 0.2) is 30.6 Å². The third-order valence-electron chi connectivity index (χ3n) is 2.44. The third-order valence-corrected chi connectivity index (χ3v) is 2.44. The lowest BCUT2D eigenvalue weighted by atomic mass is 10.2. The summed E-state index contributed by atoms with van der Waals surface area (Å²) in [5, 5.41) is 11.5. The lowest BCUT2D eigenvalue weighted by Crippen LogP contribution is -2.15. The van der Waals surface area contributed by atoms with Gasteiger partial charge in [-0.3, -0.25) is 9.78 Å². The predicted molar refractivity (Wildman–Crippen MR) is 64.7 cm³/mol. The zero-order chi connectivity index (χ0) is 13.1. The molecule has 92 valence electrons. The molecule has 6 nitrogen and oxygen atoms in total. The quantitative estimate of drug-likeness (QED) is 0.766. The van der Waals surface area contributed by atoms with Crippen LogP contribution < -0.4 is 5.32 Å². The molecule has 0 atom stereocenters. The van der Waals surface area contributed by atoms with Gasteiger partial charge in [-0.15, -0.1) is 0 Å². The second kappa shape index (κ2) is 4.70. The smallest absolute Gasteiger partial charge is 0.339 e. The van der Waals surface area contributed by atoms with Gasteiger partial charge in [-0.25, -0.2) is 4.79 Å². The Hall–Kier alpha value is -2.63. The van der Waals surface area contributed by atoms with Crippen molar-refractivity contribution in [1.82, 2.24) is 9.97 Å². The van der Waals surface area contributed by atoms with Gasteiger partial charge in [0.15, 0.2) is 0 Å². The second-order valence-corrected chi connectivity index (χ2v) is 3.68. The molecule has 0 bridgehead atoms. The number of carboxylic acids is 1. The van der Waals surface area contributed by atoms with Gasteiger partial charge in [-0.2, -0.15) is 0 Å². The number of nitrogens with zero attached hydrogens (tertiary/aromatic N) is 1. The van der Waals surface area contributed by atoms with Crippen molar-refractivity contribution in [2.75, 3.05) is 5.32 Å². The zero-order valence-electron chi connectivity index (χ0n) is 9.60. The summed E-state index contributed by atoms with van der Waals surface area (Å²) in [4.78, 5) is 29.5. The molecule has 2 rings (SSSR count). The summed E-state index contributed by atoms with van der Waals surface area (Å²) in [6.07, 6.45) is 2.94. The van der Waals surface area contributed by atoms with Gasteiger partial charge in [0.1, 0.15) is 11.3 Å². The van der Waals surface area contributed by atoms with Crippen molar-refractivity contribution in [2.45, 2.75) is 6.92 Å². The number of amides is 1. The Bertz CT molecular complexity index is 590. The minimum atomic E-state index is -1.09. The van der Waals surface area contributed by atoms with Gasteiger partial charge < -0.3 is 15.4 Å². The highest BCUT2D eigenvalue weighted by Crippen LogP contribution is 2.19. The fraction of sp³-hybridized carbons (Fsp3) is 0.0833. The van der Waals surface area contributed by atoms with Crippen LogP contribution in [0.3, 0.4) is 0 Å². The fourth-order valence-electron chi connectivity index (χ4n) is 1.58. The highest BCUT2D eigenvalue weighted by Gasteiger charge is 2.17. The van der Waals surface area contributed by atoms with Crippen LogP contribution in [0.5, 0.6) is 0 Å². The van der Waals surface area contributed by atoms with Crippen molar-refractivity contribution >= 4 is 17.6 Å². The monoisotopic (exact) mass is 245 g/mol. The predicted octanol–water partition coefficient (Wildman–Crippen LogP) is 1.67. The average Bonchev–Trinajstić information content (AvgIpc) is 2.71. The molecule has 0 saturated carbocycles. The number of rotatable bonds is 3. The van der Waals surface area contributed by atoms with Crippen LogP contribution >= 0.6 is 0 Å².